The maximum Gasteiger partial charge on any atom is 0.303 e. The number of H-pyrrole nitrogens is 2. The number of anilines is 2. The van der Waals surface area contributed by atoms with E-state index in [9.17, 15) is 34.5 Å². The molecule has 21 nitrogen and oxygen atoms in total. The van der Waals surface area contributed by atoms with Crippen molar-refractivity contribution in [1.29, 1.82) is 0 Å². The zero-order valence-corrected chi connectivity index (χ0v) is 74.9. The number of rotatable bonds is 66. The lowest BCUT2D eigenvalue weighted by molar-refractivity contribution is -0.264. The first kappa shape index (κ1) is 106. The highest BCUT2D eigenvalue weighted by Crippen LogP contribution is 2.43. The molecule has 2 saturated carbocycles. The summed E-state index contributed by atoms with van der Waals surface area (Å²) in [6, 6.07) is -0.393. The molecule has 0 bridgehead atoms. The van der Waals surface area contributed by atoms with Gasteiger partial charge in [0.25, 0.3) is 11.1 Å². The van der Waals surface area contributed by atoms with Crippen molar-refractivity contribution in [2.75, 3.05) is 24.7 Å². The second-order valence-electron chi connectivity index (χ2n) is 32.5. The van der Waals surface area contributed by atoms with E-state index >= 15 is 0 Å². The number of nitrogens with one attached hydrogen (secondary N) is 2. The van der Waals surface area contributed by atoms with Gasteiger partial charge in [-0.15, -0.1) is 0 Å². The molecular formula is C90H159Cl3N10O11S. The van der Waals surface area contributed by atoms with E-state index in [0.717, 1.165) is 69.1 Å². The first-order chi connectivity index (χ1) is 55.7. The number of aliphatic hydroxyl groups is 3. The molecule has 115 heavy (non-hydrogen) atoms. The van der Waals surface area contributed by atoms with E-state index in [4.69, 9.17) is 42.2 Å². The number of aromatic nitrogens is 8. The molecule has 0 aromatic carbocycles. The Balaban J connectivity index is 0.000000537. The van der Waals surface area contributed by atoms with Crippen molar-refractivity contribution in [3.8, 4) is 0 Å². The average Bonchev–Trinajstić information content (AvgIpc) is 1.63. The molecule has 662 valence electrons. The molecule has 10 N–H and O–H groups in total. The molecule has 25 heteroatoms. The summed E-state index contributed by atoms with van der Waals surface area (Å²) in [6.45, 7) is 19.5. The monoisotopic (exact) mass is 1690 g/mol. The van der Waals surface area contributed by atoms with Crippen molar-refractivity contribution < 1.29 is 44.0 Å². The van der Waals surface area contributed by atoms with Crippen LogP contribution in [0.2, 0.25) is 0 Å². The molecule has 0 amide bonds. The molecule has 4 aromatic heterocycles. The minimum Gasteiger partial charge on any atom is -0.481 e. The molecule has 0 spiro atoms. The van der Waals surface area contributed by atoms with Crippen molar-refractivity contribution in [2.24, 2.45) is 11.8 Å². The predicted molar refractivity (Wildman–Crippen MR) is 481 cm³/mol. The third kappa shape index (κ3) is 52.2. The Morgan fingerprint density at radius 1 is 0.478 bits per heavy atom. The fourth-order valence-corrected chi connectivity index (χ4v) is 15.8. The van der Waals surface area contributed by atoms with Crippen LogP contribution in [-0.2, 0) is 28.6 Å². The summed E-state index contributed by atoms with van der Waals surface area (Å²) in [6.07, 6.45) is 78.7. The Hall–Kier alpha value is -4.68. The normalized spacial score (nSPS) is 16.5. The molecule has 6 rings (SSSR count). The number of halogens is 3. The molecule has 2 aliphatic rings. The number of carboxylic acids is 1. The predicted octanol–water partition coefficient (Wildman–Crippen LogP) is 24.8. The van der Waals surface area contributed by atoms with Crippen LogP contribution in [0.4, 0.5) is 11.9 Å². The number of allylic oxidation sites excluding steroid dienone is 1. The quantitative estimate of drug-likeness (QED) is 0.00508. The summed E-state index contributed by atoms with van der Waals surface area (Å²) in [5.41, 5.74) is 13.4. The number of aromatic amines is 2. The van der Waals surface area contributed by atoms with E-state index in [0.29, 0.717) is 49.2 Å². The minimum absolute atomic E-state index is 0.00659. The second kappa shape index (κ2) is 71.1. The minimum atomic E-state index is -1.67. The van der Waals surface area contributed by atoms with Crippen LogP contribution in [0.3, 0.4) is 0 Å². The molecule has 2 fully saturated rings. The second-order valence-corrected chi connectivity index (χ2v) is 35.5. The zero-order valence-electron chi connectivity index (χ0n) is 71.8. The van der Waals surface area contributed by atoms with Gasteiger partial charge in [-0.05, 0) is 67.7 Å². The van der Waals surface area contributed by atoms with Crippen LogP contribution in [0.1, 0.15) is 425 Å². The van der Waals surface area contributed by atoms with Gasteiger partial charge < -0.3 is 45.9 Å². The highest BCUT2D eigenvalue weighted by Gasteiger charge is 2.39. The lowest BCUT2D eigenvalue weighted by atomic mass is 9.94. The Kier molecular flexibility index (Phi) is 65.8. The number of unbranched alkanes of at least 4 members (excludes halogenated alkanes) is 51. The summed E-state index contributed by atoms with van der Waals surface area (Å²) < 4.78 is 12.6. The number of nitrogens with zero attached hydrogens (tertiary/aromatic N) is 6. The van der Waals surface area contributed by atoms with Crippen molar-refractivity contribution >= 4 is 87.6 Å². The van der Waals surface area contributed by atoms with Gasteiger partial charge in [0.15, 0.2) is 22.3 Å². The number of aliphatic hydroxyl groups excluding tert-OH is 3. The first-order valence-corrected chi connectivity index (χ1v) is 48.8. The van der Waals surface area contributed by atoms with Gasteiger partial charge in [0.2, 0.25) is 26.4 Å². The SMILES string of the molecule is C=C(CCCCCCCCCCC[C@H]1C(=C)[C@@H](n2cnc3c(=O)[nH]c(N)nc32)C[C@@H]1O)OOCCCCCCCCCC.C=C1[C@H](CO)[C@@H](O)C[C@@H]1n1cnc2c(=O)[nH]c(N)nc21.CCCCCCCCCCCCCCCCCCCCCC(=O)Cl.CCCCCCCCCCCCCCCCCCCCCC(=O)O.O=S(Cl)Cl. The van der Waals surface area contributed by atoms with Crippen molar-refractivity contribution in [3.63, 3.8) is 0 Å². The van der Waals surface area contributed by atoms with Gasteiger partial charge in [0.1, 0.15) is 5.76 Å². The molecule has 0 aliphatic heterocycles. The van der Waals surface area contributed by atoms with Gasteiger partial charge in [-0.2, -0.15) is 14.9 Å². The van der Waals surface area contributed by atoms with E-state index in [1.807, 2.05) is 4.57 Å². The topological polar surface area (TPSA) is 330 Å². The van der Waals surface area contributed by atoms with Gasteiger partial charge in [-0.3, -0.25) is 29.1 Å². The third-order valence-electron chi connectivity index (χ3n) is 22.6. The van der Waals surface area contributed by atoms with E-state index in [1.165, 1.54) is 315 Å². The molecule has 6 atom stereocenters. The standard InChI is InChI=1S/C34H57N5O4.C22H43ClO.C22H44O2.C12H15N5O3.Cl2OS/c1-4-5-6-7-8-14-17-20-23-42-43-26(2)21-18-15-12-10-9-11-13-16-19-22-28-27(3)29(24-30(28)40)39-25-36-31-32(39)37-34(35)38-33(31)41;2*1-2-3-4-5-6-7-8-9-10-11-12-13-14-15-16-17-18-19-20-21-22(23)24;1-5-6(3-18)8(19)2-7(5)17-4-14-9-10(17)15-12(13)16-11(9)20;1-4(2)3/h25,28-30,40H,2-24H2,1H3,(H3,35,37,38,41);2-21H2,1H3;2-21H2,1H3,(H,23,24);4,6-8,18-19H,1-3H2,(H3,13,15,16,20);/t28-,29-,30-;;;6-,7-,8-;/m0..0./s1. The lowest BCUT2D eigenvalue weighted by Crippen LogP contribution is -2.17. The molecule has 0 unspecified atom stereocenters. The number of carbonyl (C=O) groups excluding carboxylic acids is 1. The fraction of sp³-hybridized carbons (Fsp3) is 0.800. The van der Waals surface area contributed by atoms with Crippen LogP contribution >= 0.6 is 33.0 Å². The van der Waals surface area contributed by atoms with E-state index < -0.39 is 33.0 Å². The number of imidazole rings is 2. The molecular weight excluding hydrogens is 1540 g/mol. The van der Waals surface area contributed by atoms with E-state index in [2.05, 4.69) is 91.8 Å². The van der Waals surface area contributed by atoms with Crippen LogP contribution in [0.5, 0.6) is 0 Å². The van der Waals surface area contributed by atoms with Gasteiger partial charge in [0.05, 0.1) is 50.2 Å². The number of hydrogen-bond acceptors (Lipinski definition) is 16. The van der Waals surface area contributed by atoms with Crippen LogP contribution in [0.25, 0.3) is 22.3 Å². The maximum absolute atomic E-state index is 12.1. The summed E-state index contributed by atoms with van der Waals surface area (Å²) >= 11 is 5.32. The molecule has 4 heterocycles. The van der Waals surface area contributed by atoms with Crippen molar-refractivity contribution in [3.05, 3.63) is 70.0 Å². The number of nitrogens with two attached hydrogens (primary N) is 2. The number of hydrogen-bond donors (Lipinski definition) is 8. The Morgan fingerprint density at radius 2 is 0.757 bits per heavy atom. The number of nitrogen functional groups attached to an aromatic ring is 2. The van der Waals surface area contributed by atoms with Gasteiger partial charge in [-0.1, -0.05) is 368 Å². The van der Waals surface area contributed by atoms with Crippen LogP contribution < -0.4 is 22.6 Å². The van der Waals surface area contributed by atoms with Gasteiger partial charge in [0, 0.05) is 52.5 Å². The largest absolute Gasteiger partial charge is 0.481 e. The van der Waals surface area contributed by atoms with Gasteiger partial charge in [-0.25, -0.2) is 14.2 Å². The van der Waals surface area contributed by atoms with Crippen LogP contribution in [0, 0.1) is 11.8 Å². The molecule has 0 saturated heterocycles. The summed E-state index contributed by atoms with van der Waals surface area (Å²) in [4.78, 5) is 77.0. The number of aliphatic carboxylic acids is 1. The number of carbonyl (C=O) groups is 2. The fourth-order valence-electron chi connectivity index (χ4n) is 15.7. The van der Waals surface area contributed by atoms with E-state index in [1.54, 1.807) is 10.9 Å². The van der Waals surface area contributed by atoms with E-state index in [-0.39, 0.29) is 64.3 Å². The van der Waals surface area contributed by atoms with Crippen molar-refractivity contribution in [2.45, 2.75) is 437 Å². The van der Waals surface area contributed by atoms with Gasteiger partial charge >= 0.3 is 5.97 Å². The highest BCUT2D eigenvalue weighted by atomic mass is 36.0. The number of fused-ring (bicyclic) bond motifs is 2. The lowest BCUT2D eigenvalue weighted by Gasteiger charge is -2.17. The Bertz CT molecular complexity index is 3220. The average molecular weight is 1700 g/mol. The summed E-state index contributed by atoms with van der Waals surface area (Å²) in [5, 5.41) is 38.4. The zero-order chi connectivity index (χ0) is 84.3. The first-order valence-electron chi connectivity index (χ1n) is 45.6. The Labute approximate surface area is 709 Å². The molecule has 0 radical (unpaired) electrons. The van der Waals surface area contributed by atoms with Crippen LogP contribution in [-0.4, -0.2) is 100 Å². The summed E-state index contributed by atoms with van der Waals surface area (Å²) in [7, 11) is 7.36. The maximum atomic E-state index is 12.1. The molecule has 2 aliphatic carbocycles. The number of carboxylic acid groups (broad SMARTS) is 1. The molecule has 4 aromatic rings. The highest BCUT2D eigenvalue weighted by molar-refractivity contribution is 8.26. The third-order valence-corrected chi connectivity index (χ3v) is 22.8. The Morgan fingerprint density at radius 3 is 1.06 bits per heavy atom. The smallest absolute Gasteiger partial charge is 0.303 e. The summed E-state index contributed by atoms with van der Waals surface area (Å²) in [5.74, 6) is -0.164. The van der Waals surface area contributed by atoms with Crippen LogP contribution in [0.15, 0.2) is 58.9 Å². The van der Waals surface area contributed by atoms with Crippen molar-refractivity contribution in [1.82, 2.24) is 39.0 Å².